The van der Waals surface area contributed by atoms with Gasteiger partial charge in [-0.05, 0) is 49.3 Å². The van der Waals surface area contributed by atoms with Crippen LogP contribution in [0.1, 0.15) is 37.3 Å². The van der Waals surface area contributed by atoms with E-state index in [0.717, 1.165) is 44.5 Å². The van der Waals surface area contributed by atoms with Gasteiger partial charge in [0.05, 0.1) is 0 Å². The van der Waals surface area contributed by atoms with E-state index in [1.165, 1.54) is 11.1 Å². The summed E-state index contributed by atoms with van der Waals surface area (Å²) < 4.78 is 6.37. The Morgan fingerprint density at radius 3 is 3.08 bits per heavy atom. The fraction of sp³-hybridized carbons (Fsp3) is 0.600. The third-order valence-electron chi connectivity index (χ3n) is 7.55. The predicted molar refractivity (Wildman–Crippen MR) is 93.4 cm³/mol. The predicted octanol–water partition coefficient (Wildman–Crippen LogP) is 2.33. The van der Waals surface area contributed by atoms with Crippen molar-refractivity contribution >= 4 is 0 Å². The lowest BCUT2D eigenvalue weighted by Crippen LogP contribution is -2.73. The van der Waals surface area contributed by atoms with E-state index < -0.39 is 0 Å². The van der Waals surface area contributed by atoms with E-state index in [-0.39, 0.29) is 28.7 Å². The standard InChI is InChI=1S/C20H26N2O2/c1-3-9-22-10-8-20-16-12-4-5-14(23)17(16)24-18(20)13(21)6-7-19(20,2)15(22)11-12/h3-5,13,15,18,23H,1,6-11,21H2,2H3/t13-,15+,18-,19-,20-/m0/s1. The molecule has 5 atom stereocenters. The zero-order valence-corrected chi connectivity index (χ0v) is 14.3. The second-order valence-electron chi connectivity index (χ2n) is 8.33. The van der Waals surface area contributed by atoms with E-state index in [9.17, 15) is 5.11 Å². The second-order valence-corrected chi connectivity index (χ2v) is 8.33. The number of piperidine rings is 1. The second kappa shape index (κ2) is 4.55. The van der Waals surface area contributed by atoms with Crippen molar-refractivity contribution in [2.75, 3.05) is 13.1 Å². The topological polar surface area (TPSA) is 58.7 Å². The molecule has 24 heavy (non-hydrogen) atoms. The number of nitrogens with two attached hydrogens (primary N) is 1. The minimum absolute atomic E-state index is 0.00742. The van der Waals surface area contributed by atoms with Crippen LogP contribution in [0.2, 0.25) is 0 Å². The van der Waals surface area contributed by atoms with E-state index >= 15 is 0 Å². The van der Waals surface area contributed by atoms with Crippen molar-refractivity contribution in [1.82, 2.24) is 4.90 Å². The third kappa shape index (κ3) is 1.44. The highest BCUT2D eigenvalue weighted by Gasteiger charge is 2.70. The summed E-state index contributed by atoms with van der Waals surface area (Å²) >= 11 is 0. The largest absolute Gasteiger partial charge is 0.504 e. The smallest absolute Gasteiger partial charge is 0.165 e. The normalized spacial score (nSPS) is 42.3. The van der Waals surface area contributed by atoms with Crippen molar-refractivity contribution in [1.29, 1.82) is 0 Å². The first-order chi connectivity index (χ1) is 11.5. The maximum absolute atomic E-state index is 10.4. The maximum Gasteiger partial charge on any atom is 0.165 e. The molecule has 2 bridgehead atoms. The molecule has 1 saturated carbocycles. The van der Waals surface area contributed by atoms with Crippen molar-refractivity contribution in [2.45, 2.75) is 56.2 Å². The molecule has 1 spiro atoms. The molecular formula is C20H26N2O2. The van der Waals surface area contributed by atoms with Crippen LogP contribution < -0.4 is 10.5 Å². The molecule has 1 aromatic rings. The molecule has 0 radical (unpaired) electrons. The number of aromatic hydroxyl groups is 1. The van der Waals surface area contributed by atoms with Gasteiger partial charge in [-0.15, -0.1) is 6.58 Å². The summed E-state index contributed by atoms with van der Waals surface area (Å²) in [4.78, 5) is 2.60. The SMILES string of the molecule is C=CCN1CC[C@]23c4c5ccc(O)c4O[C@H]2[C@@H](N)CC[C@@]3(C)[C@H]1C5. The van der Waals surface area contributed by atoms with Crippen LogP contribution in [0.5, 0.6) is 11.5 Å². The van der Waals surface area contributed by atoms with E-state index in [1.807, 2.05) is 6.08 Å². The summed E-state index contributed by atoms with van der Waals surface area (Å²) in [5.41, 5.74) is 9.25. The van der Waals surface area contributed by atoms with Gasteiger partial charge in [0.2, 0.25) is 0 Å². The molecule has 4 nitrogen and oxygen atoms in total. The number of ether oxygens (including phenoxy) is 1. The lowest BCUT2D eigenvalue weighted by Gasteiger charge is -2.65. The number of rotatable bonds is 2. The van der Waals surface area contributed by atoms with Gasteiger partial charge in [0, 0.05) is 29.6 Å². The minimum atomic E-state index is -0.0470. The summed E-state index contributed by atoms with van der Waals surface area (Å²) in [5.74, 6) is 0.996. The molecule has 0 unspecified atom stereocenters. The van der Waals surface area contributed by atoms with Crippen molar-refractivity contribution in [3.63, 3.8) is 0 Å². The molecule has 2 aliphatic carbocycles. The van der Waals surface area contributed by atoms with Gasteiger partial charge in [0.15, 0.2) is 11.5 Å². The van der Waals surface area contributed by atoms with Crippen molar-refractivity contribution in [3.8, 4) is 11.5 Å². The number of hydrogen-bond acceptors (Lipinski definition) is 4. The Labute approximate surface area is 143 Å². The molecule has 2 aliphatic heterocycles. The molecular weight excluding hydrogens is 300 g/mol. The average Bonchev–Trinajstić information content (AvgIpc) is 2.91. The Bertz CT molecular complexity index is 733. The van der Waals surface area contributed by atoms with E-state index in [4.69, 9.17) is 10.5 Å². The number of phenolic OH excluding ortho intramolecular Hbond substituents is 1. The van der Waals surface area contributed by atoms with Crippen LogP contribution in [-0.2, 0) is 11.8 Å². The first kappa shape index (κ1) is 14.8. The van der Waals surface area contributed by atoms with Crippen molar-refractivity contribution in [2.24, 2.45) is 11.1 Å². The van der Waals surface area contributed by atoms with Gasteiger partial charge in [-0.2, -0.15) is 0 Å². The Hall–Kier alpha value is -1.52. The Kier molecular flexibility index (Phi) is 2.81. The molecule has 3 N–H and O–H groups in total. The van der Waals surface area contributed by atoms with Crippen molar-refractivity contribution < 1.29 is 9.84 Å². The third-order valence-corrected chi connectivity index (χ3v) is 7.55. The quantitative estimate of drug-likeness (QED) is 0.819. The summed E-state index contributed by atoms with van der Waals surface area (Å²) in [6.07, 6.45) is 6.21. The van der Waals surface area contributed by atoms with E-state index in [2.05, 4.69) is 24.5 Å². The van der Waals surface area contributed by atoms with Crippen LogP contribution in [0, 0.1) is 5.41 Å². The van der Waals surface area contributed by atoms with Gasteiger partial charge < -0.3 is 15.6 Å². The molecule has 2 heterocycles. The Morgan fingerprint density at radius 2 is 2.29 bits per heavy atom. The number of hydrogen-bond donors (Lipinski definition) is 2. The highest BCUT2D eigenvalue weighted by atomic mass is 16.5. The molecule has 1 aromatic carbocycles. The highest BCUT2D eigenvalue weighted by Crippen LogP contribution is 2.68. The van der Waals surface area contributed by atoms with Crippen LogP contribution in [0.25, 0.3) is 0 Å². The molecule has 1 saturated heterocycles. The lowest BCUT2D eigenvalue weighted by atomic mass is 9.43. The molecule has 4 aliphatic rings. The van der Waals surface area contributed by atoms with Crippen LogP contribution in [0.3, 0.4) is 0 Å². The first-order valence-corrected chi connectivity index (χ1v) is 9.15. The number of phenols is 1. The molecule has 0 amide bonds. The molecule has 4 heteroatoms. The van der Waals surface area contributed by atoms with Gasteiger partial charge >= 0.3 is 0 Å². The van der Waals surface area contributed by atoms with Gasteiger partial charge in [0.1, 0.15) is 6.10 Å². The van der Waals surface area contributed by atoms with Crippen LogP contribution in [-0.4, -0.2) is 41.3 Å². The number of benzene rings is 1. The van der Waals surface area contributed by atoms with Crippen LogP contribution in [0.15, 0.2) is 24.8 Å². The Morgan fingerprint density at radius 1 is 1.46 bits per heavy atom. The van der Waals surface area contributed by atoms with Gasteiger partial charge in [0.25, 0.3) is 0 Å². The van der Waals surface area contributed by atoms with Gasteiger partial charge in [-0.25, -0.2) is 0 Å². The highest BCUT2D eigenvalue weighted by molar-refractivity contribution is 5.61. The first-order valence-electron chi connectivity index (χ1n) is 9.15. The molecule has 5 rings (SSSR count). The van der Waals surface area contributed by atoms with Crippen LogP contribution in [0.4, 0.5) is 0 Å². The van der Waals surface area contributed by atoms with Gasteiger partial charge in [-0.1, -0.05) is 19.1 Å². The fourth-order valence-electron chi connectivity index (χ4n) is 6.51. The molecule has 2 fully saturated rings. The zero-order valence-electron chi connectivity index (χ0n) is 14.3. The lowest BCUT2D eigenvalue weighted by molar-refractivity contribution is -0.117. The zero-order chi connectivity index (χ0) is 16.7. The minimum Gasteiger partial charge on any atom is -0.504 e. The maximum atomic E-state index is 10.4. The summed E-state index contributed by atoms with van der Waals surface area (Å²) in [6, 6.07) is 4.43. The average molecular weight is 326 g/mol. The summed E-state index contributed by atoms with van der Waals surface area (Å²) in [6.45, 7) is 8.39. The summed E-state index contributed by atoms with van der Waals surface area (Å²) in [5, 5.41) is 10.4. The monoisotopic (exact) mass is 326 g/mol. The number of likely N-dealkylation sites (tertiary alicyclic amines) is 1. The number of nitrogens with zero attached hydrogens (tertiary/aromatic N) is 1. The van der Waals surface area contributed by atoms with Crippen molar-refractivity contribution in [3.05, 3.63) is 35.9 Å². The molecule has 128 valence electrons. The Balaban J connectivity index is 1.78. The van der Waals surface area contributed by atoms with Crippen LogP contribution >= 0.6 is 0 Å². The van der Waals surface area contributed by atoms with Gasteiger partial charge in [-0.3, -0.25) is 4.90 Å². The molecule has 0 aromatic heterocycles. The fourth-order valence-corrected chi connectivity index (χ4v) is 6.51. The summed E-state index contributed by atoms with van der Waals surface area (Å²) in [7, 11) is 0. The van der Waals surface area contributed by atoms with E-state index in [1.54, 1.807) is 6.07 Å². The van der Waals surface area contributed by atoms with E-state index in [0.29, 0.717) is 6.04 Å².